The minimum atomic E-state index is -1.29. The van der Waals surface area contributed by atoms with Crippen LogP contribution in [0.25, 0.3) is 0 Å². The minimum absolute atomic E-state index is 0.181. The lowest BCUT2D eigenvalue weighted by atomic mass is 10.1. The third-order valence-electron chi connectivity index (χ3n) is 5.66. The van der Waals surface area contributed by atoms with E-state index in [0.29, 0.717) is 6.54 Å². The number of fused-ring (bicyclic) bond motifs is 2. The highest BCUT2D eigenvalue weighted by molar-refractivity contribution is 8.15. The van der Waals surface area contributed by atoms with Crippen LogP contribution in [0, 0.1) is 0 Å². The number of nitrogens with one attached hydrogen (secondary N) is 2. The van der Waals surface area contributed by atoms with Crippen molar-refractivity contribution >= 4 is 40.3 Å². The SMILES string of the molecule is CC(=O)NC1=NN(C(C)=O)[C@@]2(S1)C(=O)N(CC[NH+]1CCCCC1)c1ccccc12. The zero-order valence-electron chi connectivity index (χ0n) is 16.7. The maximum absolute atomic E-state index is 13.7. The zero-order chi connectivity index (χ0) is 20.6. The van der Waals surface area contributed by atoms with Crippen molar-refractivity contribution in [1.29, 1.82) is 0 Å². The fourth-order valence-corrected chi connectivity index (χ4v) is 5.69. The van der Waals surface area contributed by atoms with Crippen molar-refractivity contribution in [3.05, 3.63) is 29.8 Å². The van der Waals surface area contributed by atoms with Gasteiger partial charge in [0.25, 0.3) is 5.91 Å². The highest BCUT2D eigenvalue weighted by Gasteiger charge is 2.61. The number of carbonyl (C=O) groups excluding carboxylic acids is 3. The second kappa shape index (κ2) is 7.79. The Bertz CT molecular complexity index is 883. The van der Waals surface area contributed by atoms with Crippen molar-refractivity contribution in [2.45, 2.75) is 38.0 Å². The van der Waals surface area contributed by atoms with Crippen LogP contribution in [-0.2, 0) is 19.3 Å². The molecule has 0 saturated carbocycles. The number of nitrogens with zero attached hydrogens (tertiary/aromatic N) is 3. The van der Waals surface area contributed by atoms with Gasteiger partial charge < -0.3 is 15.1 Å². The summed E-state index contributed by atoms with van der Waals surface area (Å²) in [5.41, 5.74) is 1.55. The number of thioether (sulfide) groups is 1. The van der Waals surface area contributed by atoms with E-state index in [9.17, 15) is 14.4 Å². The molecule has 1 saturated heterocycles. The van der Waals surface area contributed by atoms with Crippen LogP contribution in [0.4, 0.5) is 5.69 Å². The summed E-state index contributed by atoms with van der Waals surface area (Å²) >= 11 is 1.13. The van der Waals surface area contributed by atoms with E-state index in [2.05, 4.69) is 10.4 Å². The predicted molar refractivity (Wildman–Crippen MR) is 111 cm³/mol. The number of likely N-dealkylation sites (tertiary alicyclic amines) is 1. The van der Waals surface area contributed by atoms with E-state index in [4.69, 9.17) is 0 Å². The number of hydrazone groups is 1. The summed E-state index contributed by atoms with van der Waals surface area (Å²) in [6, 6.07) is 7.56. The normalized spacial score (nSPS) is 24.1. The monoisotopic (exact) mass is 416 g/mol. The molecule has 154 valence electrons. The fourth-order valence-electron chi connectivity index (χ4n) is 4.36. The fraction of sp³-hybridized carbons (Fsp3) is 0.500. The number of anilines is 1. The van der Waals surface area contributed by atoms with Crippen LogP contribution in [0.3, 0.4) is 0 Å². The number of piperidine rings is 1. The lowest BCUT2D eigenvalue weighted by Crippen LogP contribution is -3.13. The Kier molecular flexibility index (Phi) is 5.35. The summed E-state index contributed by atoms with van der Waals surface area (Å²) < 4.78 is 0. The van der Waals surface area contributed by atoms with Gasteiger partial charge in [-0.25, -0.2) is 0 Å². The van der Waals surface area contributed by atoms with Gasteiger partial charge in [-0.2, -0.15) is 5.01 Å². The Morgan fingerprint density at radius 2 is 1.93 bits per heavy atom. The Labute approximate surface area is 174 Å². The van der Waals surface area contributed by atoms with Crippen molar-refractivity contribution in [3.8, 4) is 0 Å². The number of para-hydroxylation sites is 1. The molecule has 3 aliphatic heterocycles. The largest absolute Gasteiger partial charge is 0.333 e. The number of hydrogen-bond donors (Lipinski definition) is 2. The lowest BCUT2D eigenvalue weighted by molar-refractivity contribution is -0.903. The van der Waals surface area contributed by atoms with Crippen LogP contribution < -0.4 is 15.1 Å². The number of carbonyl (C=O) groups is 3. The van der Waals surface area contributed by atoms with Crippen molar-refractivity contribution in [2.75, 3.05) is 31.1 Å². The quantitative estimate of drug-likeness (QED) is 0.740. The molecule has 0 unspecified atom stereocenters. The summed E-state index contributed by atoms with van der Waals surface area (Å²) in [7, 11) is 0. The first-order valence-electron chi connectivity index (χ1n) is 10.0. The van der Waals surface area contributed by atoms with Crippen molar-refractivity contribution in [2.24, 2.45) is 5.10 Å². The van der Waals surface area contributed by atoms with Gasteiger partial charge in [-0.15, -0.1) is 5.10 Å². The van der Waals surface area contributed by atoms with Gasteiger partial charge in [0.05, 0.1) is 31.9 Å². The molecule has 4 rings (SSSR count). The van der Waals surface area contributed by atoms with E-state index >= 15 is 0 Å². The van der Waals surface area contributed by atoms with Crippen molar-refractivity contribution in [3.63, 3.8) is 0 Å². The van der Waals surface area contributed by atoms with Gasteiger partial charge in [0.15, 0.2) is 5.17 Å². The molecule has 8 nitrogen and oxygen atoms in total. The molecule has 1 aromatic carbocycles. The molecule has 1 atom stereocenters. The van der Waals surface area contributed by atoms with Crippen LogP contribution in [0.5, 0.6) is 0 Å². The smallest absolute Gasteiger partial charge is 0.271 e. The Hall–Kier alpha value is -2.39. The molecule has 0 bridgehead atoms. The second-order valence-corrected chi connectivity index (χ2v) is 8.88. The number of amidine groups is 1. The standard InChI is InChI=1S/C20H25N5O3S/c1-14(26)21-19-22-25(15(2)27)20(29-19)16-8-4-5-9-17(16)24(18(20)28)13-12-23-10-6-3-7-11-23/h4-5,8-9H,3,6-7,10-13H2,1-2H3,(H,21,22,26)/p+1/t20-/m0/s1. The van der Waals surface area contributed by atoms with Gasteiger partial charge >= 0.3 is 0 Å². The molecule has 3 amide bonds. The maximum Gasteiger partial charge on any atom is 0.271 e. The van der Waals surface area contributed by atoms with Gasteiger partial charge in [-0.05, 0) is 37.1 Å². The average Bonchev–Trinajstić information content (AvgIpc) is 3.18. The highest BCUT2D eigenvalue weighted by atomic mass is 32.2. The van der Waals surface area contributed by atoms with Crippen LogP contribution in [0.1, 0.15) is 38.7 Å². The third-order valence-corrected chi connectivity index (χ3v) is 6.90. The predicted octanol–water partition coefficient (Wildman–Crippen LogP) is 0.257. The number of amides is 3. The van der Waals surface area contributed by atoms with Gasteiger partial charge in [0, 0.05) is 19.4 Å². The van der Waals surface area contributed by atoms with Crippen LogP contribution in [-0.4, -0.2) is 54.1 Å². The average molecular weight is 417 g/mol. The minimum Gasteiger partial charge on any atom is -0.333 e. The van der Waals surface area contributed by atoms with E-state index in [0.717, 1.165) is 42.6 Å². The molecule has 0 aromatic heterocycles. The van der Waals surface area contributed by atoms with Crippen molar-refractivity contribution < 1.29 is 19.3 Å². The zero-order valence-corrected chi connectivity index (χ0v) is 17.6. The topological polar surface area (TPSA) is 86.5 Å². The number of benzene rings is 1. The van der Waals surface area contributed by atoms with E-state index < -0.39 is 4.87 Å². The lowest BCUT2D eigenvalue weighted by Gasteiger charge is -2.30. The summed E-state index contributed by atoms with van der Waals surface area (Å²) in [5.74, 6) is -0.815. The summed E-state index contributed by atoms with van der Waals surface area (Å²) in [6.45, 7) is 6.51. The second-order valence-electron chi connectivity index (χ2n) is 7.70. The molecule has 2 N–H and O–H groups in total. The molecule has 3 aliphatic rings. The first-order valence-corrected chi connectivity index (χ1v) is 10.9. The first kappa shape index (κ1) is 19.9. The maximum atomic E-state index is 13.7. The number of hydrogen-bond acceptors (Lipinski definition) is 5. The summed E-state index contributed by atoms with van der Waals surface area (Å²) in [6.07, 6.45) is 3.74. The van der Waals surface area contributed by atoms with E-state index in [-0.39, 0.29) is 22.9 Å². The van der Waals surface area contributed by atoms with Crippen LogP contribution in [0.15, 0.2) is 29.4 Å². The molecule has 0 radical (unpaired) electrons. The molecule has 9 heteroatoms. The third kappa shape index (κ3) is 3.42. The van der Waals surface area contributed by atoms with Gasteiger partial charge in [0.1, 0.15) is 0 Å². The summed E-state index contributed by atoms with van der Waals surface area (Å²) in [4.78, 5) is 39.7. The van der Waals surface area contributed by atoms with Gasteiger partial charge in [-0.3, -0.25) is 14.4 Å². The Morgan fingerprint density at radius 3 is 2.62 bits per heavy atom. The van der Waals surface area contributed by atoms with Gasteiger partial charge in [-0.1, -0.05) is 18.2 Å². The van der Waals surface area contributed by atoms with Gasteiger partial charge in [0.2, 0.25) is 16.7 Å². The van der Waals surface area contributed by atoms with Crippen LogP contribution in [0.2, 0.25) is 0 Å². The van der Waals surface area contributed by atoms with E-state index in [1.54, 1.807) is 4.90 Å². The molecule has 3 heterocycles. The number of rotatable bonds is 3. The van der Waals surface area contributed by atoms with E-state index in [1.165, 1.54) is 43.0 Å². The molecule has 1 aromatic rings. The molecule has 0 aliphatic carbocycles. The number of quaternary nitrogens is 1. The van der Waals surface area contributed by atoms with Crippen LogP contribution >= 0.6 is 11.8 Å². The molecule has 1 fully saturated rings. The molecular formula is C20H26N5O3S+. The van der Waals surface area contributed by atoms with E-state index in [1.807, 2.05) is 24.3 Å². The Morgan fingerprint density at radius 1 is 1.21 bits per heavy atom. The first-order chi connectivity index (χ1) is 13.9. The summed E-state index contributed by atoms with van der Waals surface area (Å²) in [5, 5.41) is 8.39. The van der Waals surface area contributed by atoms with Crippen molar-refractivity contribution in [1.82, 2.24) is 10.3 Å². The molecule has 1 spiro atoms. The molecule has 29 heavy (non-hydrogen) atoms. The molecular weight excluding hydrogens is 390 g/mol. The Balaban J connectivity index is 1.66. The highest BCUT2D eigenvalue weighted by Crippen LogP contribution is 2.54.